The van der Waals surface area contributed by atoms with Crippen LogP contribution >= 0.6 is 0 Å². The van der Waals surface area contributed by atoms with E-state index in [0.29, 0.717) is 5.69 Å². The van der Waals surface area contributed by atoms with E-state index < -0.39 is 11.7 Å². The molecule has 1 aromatic heterocycles. The third-order valence-electron chi connectivity index (χ3n) is 3.61. The Hall–Kier alpha value is -3.15. The summed E-state index contributed by atoms with van der Waals surface area (Å²) in [5.41, 5.74) is 1.70. The predicted molar refractivity (Wildman–Crippen MR) is 89.5 cm³/mol. The maximum atomic E-state index is 13.7. The molecule has 6 heteroatoms. The minimum Gasteiger partial charge on any atom is -0.494 e. The van der Waals surface area contributed by atoms with E-state index in [1.165, 1.54) is 19.2 Å². The zero-order valence-corrected chi connectivity index (χ0v) is 13.3. The topological polar surface area (TPSA) is 56.1 Å². The first-order chi connectivity index (χ1) is 11.6. The molecule has 0 atom stereocenters. The highest BCUT2D eigenvalue weighted by Crippen LogP contribution is 2.22. The fraction of sp³-hybridized carbons (Fsp3) is 0.111. The number of methoxy groups -OCH3 is 1. The van der Waals surface area contributed by atoms with Crippen molar-refractivity contribution < 1.29 is 13.9 Å². The first kappa shape index (κ1) is 15.7. The van der Waals surface area contributed by atoms with Gasteiger partial charge in [-0.2, -0.15) is 0 Å². The number of hydrogen-bond acceptors (Lipinski definition) is 3. The number of aromatic nitrogens is 2. The molecule has 1 amide bonds. The number of carbonyl (C=O) groups excluding carboxylic acids is 1. The summed E-state index contributed by atoms with van der Waals surface area (Å²) in [5, 5.41) is 2.76. The van der Waals surface area contributed by atoms with Crippen LogP contribution in [0.3, 0.4) is 0 Å². The van der Waals surface area contributed by atoms with Crippen molar-refractivity contribution >= 4 is 11.6 Å². The highest BCUT2D eigenvalue weighted by molar-refractivity contribution is 6.04. The van der Waals surface area contributed by atoms with Gasteiger partial charge in [-0.15, -0.1) is 0 Å². The molecular formula is C18H16FN3O2. The molecule has 0 saturated carbocycles. The summed E-state index contributed by atoms with van der Waals surface area (Å²) in [7, 11) is 3.27. The highest BCUT2D eigenvalue weighted by Gasteiger charge is 2.11. The Morgan fingerprint density at radius 2 is 2.08 bits per heavy atom. The van der Waals surface area contributed by atoms with E-state index >= 15 is 0 Å². The fourth-order valence-corrected chi connectivity index (χ4v) is 2.39. The van der Waals surface area contributed by atoms with Crippen molar-refractivity contribution in [2.24, 2.45) is 7.05 Å². The molecule has 0 saturated heterocycles. The second kappa shape index (κ2) is 6.54. The molecule has 3 rings (SSSR count). The van der Waals surface area contributed by atoms with E-state index in [-0.39, 0.29) is 11.3 Å². The van der Waals surface area contributed by atoms with Crippen molar-refractivity contribution in [3.05, 3.63) is 66.2 Å². The smallest absolute Gasteiger partial charge is 0.255 e. The van der Waals surface area contributed by atoms with Gasteiger partial charge in [0.2, 0.25) is 0 Å². The Bertz CT molecular complexity index is 889. The Labute approximate surface area is 138 Å². The molecule has 3 aromatic rings. The lowest BCUT2D eigenvalue weighted by Crippen LogP contribution is -2.12. The largest absolute Gasteiger partial charge is 0.494 e. The lowest BCUT2D eigenvalue weighted by atomic mass is 10.1. The van der Waals surface area contributed by atoms with Gasteiger partial charge in [0.1, 0.15) is 5.82 Å². The summed E-state index contributed by atoms with van der Waals surface area (Å²) >= 11 is 0. The summed E-state index contributed by atoms with van der Waals surface area (Å²) in [4.78, 5) is 16.6. The SMILES string of the molecule is COc1ccc(C(=O)Nc2cccc(-c3nccn3C)c2)cc1F. The van der Waals surface area contributed by atoms with Crippen molar-refractivity contribution in [3.63, 3.8) is 0 Å². The molecule has 1 N–H and O–H groups in total. The molecule has 0 unspecified atom stereocenters. The summed E-state index contributed by atoms with van der Waals surface area (Å²) in [5.74, 6) is -0.0784. The van der Waals surface area contributed by atoms with Gasteiger partial charge in [-0.1, -0.05) is 12.1 Å². The summed E-state index contributed by atoms with van der Waals surface area (Å²) in [6.07, 6.45) is 3.56. The molecule has 0 bridgehead atoms. The number of benzene rings is 2. The van der Waals surface area contributed by atoms with E-state index in [1.54, 1.807) is 12.3 Å². The minimum absolute atomic E-state index is 0.100. The van der Waals surface area contributed by atoms with E-state index in [0.717, 1.165) is 17.5 Å². The number of hydrogen-bond donors (Lipinski definition) is 1. The third-order valence-corrected chi connectivity index (χ3v) is 3.61. The lowest BCUT2D eigenvalue weighted by molar-refractivity contribution is 0.102. The Balaban J connectivity index is 1.82. The van der Waals surface area contributed by atoms with Gasteiger partial charge in [0, 0.05) is 36.3 Å². The number of rotatable bonds is 4. The van der Waals surface area contributed by atoms with Gasteiger partial charge in [-0.3, -0.25) is 4.79 Å². The molecule has 0 aliphatic heterocycles. The van der Waals surface area contributed by atoms with Crippen LogP contribution < -0.4 is 10.1 Å². The first-order valence-corrected chi connectivity index (χ1v) is 7.31. The molecule has 24 heavy (non-hydrogen) atoms. The summed E-state index contributed by atoms with van der Waals surface area (Å²) in [6, 6.07) is 11.4. The second-order valence-electron chi connectivity index (χ2n) is 5.25. The molecule has 0 aliphatic carbocycles. The van der Waals surface area contributed by atoms with Gasteiger partial charge >= 0.3 is 0 Å². The number of carbonyl (C=O) groups is 1. The minimum atomic E-state index is -0.577. The van der Waals surface area contributed by atoms with Crippen LogP contribution in [0.25, 0.3) is 11.4 Å². The van der Waals surface area contributed by atoms with E-state index in [1.807, 2.05) is 36.0 Å². The van der Waals surface area contributed by atoms with Crippen LogP contribution in [0.5, 0.6) is 5.75 Å². The highest BCUT2D eigenvalue weighted by atomic mass is 19.1. The van der Waals surface area contributed by atoms with E-state index in [2.05, 4.69) is 10.3 Å². The van der Waals surface area contributed by atoms with Gasteiger partial charge in [0.05, 0.1) is 7.11 Å². The van der Waals surface area contributed by atoms with Crippen LogP contribution in [-0.4, -0.2) is 22.6 Å². The van der Waals surface area contributed by atoms with Crippen LogP contribution in [0.1, 0.15) is 10.4 Å². The van der Waals surface area contributed by atoms with Gasteiger partial charge < -0.3 is 14.6 Å². The number of halogens is 1. The van der Waals surface area contributed by atoms with Gasteiger partial charge in [0.25, 0.3) is 5.91 Å². The molecule has 5 nitrogen and oxygen atoms in total. The quantitative estimate of drug-likeness (QED) is 0.799. The number of anilines is 1. The Kier molecular flexibility index (Phi) is 4.29. The molecular weight excluding hydrogens is 309 g/mol. The third kappa shape index (κ3) is 3.12. The van der Waals surface area contributed by atoms with E-state index in [9.17, 15) is 9.18 Å². The molecule has 0 spiro atoms. The normalized spacial score (nSPS) is 10.5. The van der Waals surface area contributed by atoms with Crippen molar-refractivity contribution in [2.75, 3.05) is 12.4 Å². The molecule has 0 radical (unpaired) electrons. The van der Waals surface area contributed by atoms with Crippen LogP contribution in [0, 0.1) is 5.82 Å². The lowest BCUT2D eigenvalue weighted by Gasteiger charge is -2.09. The van der Waals surface area contributed by atoms with Crippen LogP contribution in [0.2, 0.25) is 0 Å². The molecule has 0 aliphatic rings. The molecule has 122 valence electrons. The Morgan fingerprint density at radius 3 is 2.75 bits per heavy atom. The monoisotopic (exact) mass is 325 g/mol. The molecule has 2 aromatic carbocycles. The number of ether oxygens (including phenoxy) is 1. The van der Waals surface area contributed by atoms with Crippen LogP contribution in [0.4, 0.5) is 10.1 Å². The zero-order chi connectivity index (χ0) is 17.1. The summed E-state index contributed by atoms with van der Waals surface area (Å²) < 4.78 is 20.5. The van der Waals surface area contributed by atoms with Crippen molar-refractivity contribution in [1.29, 1.82) is 0 Å². The average molecular weight is 325 g/mol. The number of nitrogens with zero attached hydrogens (tertiary/aromatic N) is 2. The summed E-state index contributed by atoms with van der Waals surface area (Å²) in [6.45, 7) is 0. The van der Waals surface area contributed by atoms with Crippen molar-refractivity contribution in [3.8, 4) is 17.1 Å². The van der Waals surface area contributed by atoms with E-state index in [4.69, 9.17) is 4.74 Å². The van der Waals surface area contributed by atoms with Crippen molar-refractivity contribution in [2.45, 2.75) is 0 Å². The second-order valence-corrected chi connectivity index (χ2v) is 5.25. The zero-order valence-electron chi connectivity index (χ0n) is 13.3. The number of aryl methyl sites for hydroxylation is 1. The fourth-order valence-electron chi connectivity index (χ4n) is 2.39. The van der Waals surface area contributed by atoms with Gasteiger partial charge in [-0.05, 0) is 30.3 Å². The maximum Gasteiger partial charge on any atom is 0.255 e. The Morgan fingerprint density at radius 1 is 1.25 bits per heavy atom. The average Bonchev–Trinajstić information content (AvgIpc) is 3.01. The molecule has 1 heterocycles. The number of nitrogens with one attached hydrogen (secondary N) is 1. The first-order valence-electron chi connectivity index (χ1n) is 7.31. The molecule has 0 fully saturated rings. The predicted octanol–water partition coefficient (Wildman–Crippen LogP) is 3.49. The number of amides is 1. The van der Waals surface area contributed by atoms with Crippen LogP contribution in [-0.2, 0) is 7.05 Å². The van der Waals surface area contributed by atoms with Gasteiger partial charge in [-0.25, -0.2) is 9.37 Å². The maximum absolute atomic E-state index is 13.7. The van der Waals surface area contributed by atoms with Crippen molar-refractivity contribution in [1.82, 2.24) is 9.55 Å². The van der Waals surface area contributed by atoms with Crippen LogP contribution in [0.15, 0.2) is 54.9 Å². The standard InChI is InChI=1S/C18H16FN3O2/c1-22-9-8-20-17(22)12-4-3-5-14(10-12)21-18(23)13-6-7-16(24-2)15(19)11-13/h3-11H,1-2H3,(H,21,23). The van der Waals surface area contributed by atoms with Gasteiger partial charge in [0.15, 0.2) is 11.6 Å². The number of imidazole rings is 1.